The van der Waals surface area contributed by atoms with Gasteiger partial charge in [-0.2, -0.15) is 0 Å². The van der Waals surface area contributed by atoms with Crippen molar-refractivity contribution in [3.8, 4) is 0 Å². The van der Waals surface area contributed by atoms with Gasteiger partial charge < -0.3 is 14.6 Å². The molecule has 0 aliphatic carbocycles. The molecule has 0 spiro atoms. The van der Waals surface area contributed by atoms with E-state index in [1.807, 2.05) is 0 Å². The smallest absolute Gasteiger partial charge is 0.309 e. The third-order valence-electron chi connectivity index (χ3n) is 3.02. The van der Waals surface area contributed by atoms with Crippen molar-refractivity contribution in [3.63, 3.8) is 0 Å². The third-order valence-corrected chi connectivity index (χ3v) is 4.96. The maximum Gasteiger partial charge on any atom is 0.309 e. The number of rotatable bonds is 8. The highest BCUT2D eigenvalue weighted by molar-refractivity contribution is 7.91. The normalized spacial score (nSPS) is 19.2. The highest BCUT2D eigenvalue weighted by atomic mass is 32.2. The molecule has 0 bridgehead atoms. The molecule has 112 valence electrons. The lowest BCUT2D eigenvalue weighted by Crippen LogP contribution is -2.32. The van der Waals surface area contributed by atoms with E-state index in [4.69, 9.17) is 14.6 Å². The summed E-state index contributed by atoms with van der Waals surface area (Å²) in [6, 6.07) is 0. The quantitative estimate of drug-likeness (QED) is 0.709. The van der Waals surface area contributed by atoms with E-state index < -0.39 is 21.7 Å². The van der Waals surface area contributed by atoms with E-state index in [0.717, 1.165) is 12.8 Å². The lowest BCUT2D eigenvalue weighted by atomic mass is 10.1. The lowest BCUT2D eigenvalue weighted by Gasteiger charge is -2.24. The van der Waals surface area contributed by atoms with Gasteiger partial charge in [0.25, 0.3) is 0 Å². The van der Waals surface area contributed by atoms with E-state index in [1.54, 1.807) is 6.92 Å². The zero-order valence-corrected chi connectivity index (χ0v) is 12.0. The summed E-state index contributed by atoms with van der Waals surface area (Å²) in [5.74, 6) is -2.43. The van der Waals surface area contributed by atoms with Crippen LogP contribution in [-0.4, -0.2) is 56.9 Å². The number of aliphatic carboxylic acids is 1. The molecule has 0 radical (unpaired) electrons. The van der Waals surface area contributed by atoms with Crippen molar-refractivity contribution < 1.29 is 27.8 Å². The fraction of sp³-hybridized carbons (Fsp3) is 0.917. The van der Waals surface area contributed by atoms with E-state index in [1.165, 1.54) is 0 Å². The van der Waals surface area contributed by atoms with Gasteiger partial charge in [0.15, 0.2) is 9.84 Å². The van der Waals surface area contributed by atoms with Crippen LogP contribution in [0.3, 0.4) is 0 Å². The average molecular weight is 294 g/mol. The molecule has 1 aliphatic heterocycles. The largest absolute Gasteiger partial charge is 0.481 e. The van der Waals surface area contributed by atoms with Crippen LogP contribution >= 0.6 is 0 Å². The summed E-state index contributed by atoms with van der Waals surface area (Å²) >= 11 is 0. The summed E-state index contributed by atoms with van der Waals surface area (Å²) < 4.78 is 34.0. The van der Waals surface area contributed by atoms with Gasteiger partial charge in [0.1, 0.15) is 0 Å². The van der Waals surface area contributed by atoms with Gasteiger partial charge in [-0.3, -0.25) is 4.79 Å². The topological polar surface area (TPSA) is 89.9 Å². The molecule has 6 nitrogen and oxygen atoms in total. The van der Waals surface area contributed by atoms with Crippen molar-refractivity contribution in [2.75, 3.05) is 31.3 Å². The SMILES string of the molecule is CCCS(=O)(=O)CC(COC1CCOCC1)C(=O)O. The van der Waals surface area contributed by atoms with Crippen LogP contribution in [0.1, 0.15) is 26.2 Å². The number of ether oxygens (including phenoxy) is 2. The van der Waals surface area contributed by atoms with E-state index in [9.17, 15) is 13.2 Å². The van der Waals surface area contributed by atoms with Crippen LogP contribution in [0.15, 0.2) is 0 Å². The molecule has 1 atom stereocenters. The molecule has 0 amide bonds. The molecule has 0 aromatic carbocycles. The molecule has 19 heavy (non-hydrogen) atoms. The Kier molecular flexibility index (Phi) is 6.74. The van der Waals surface area contributed by atoms with Crippen LogP contribution in [0.2, 0.25) is 0 Å². The number of hydrogen-bond donors (Lipinski definition) is 1. The van der Waals surface area contributed by atoms with Gasteiger partial charge in [-0.05, 0) is 19.3 Å². The summed E-state index contributed by atoms with van der Waals surface area (Å²) in [6.45, 7) is 2.92. The van der Waals surface area contributed by atoms with Crippen molar-refractivity contribution in [1.82, 2.24) is 0 Å². The molecule has 0 aromatic heterocycles. The Hall–Kier alpha value is -0.660. The monoisotopic (exact) mass is 294 g/mol. The summed E-state index contributed by atoms with van der Waals surface area (Å²) in [7, 11) is -3.31. The molecule has 1 saturated heterocycles. The molecule has 7 heteroatoms. The summed E-state index contributed by atoms with van der Waals surface area (Å²) in [5, 5.41) is 9.07. The van der Waals surface area contributed by atoms with Gasteiger partial charge >= 0.3 is 5.97 Å². The fourth-order valence-electron chi connectivity index (χ4n) is 1.99. The zero-order valence-electron chi connectivity index (χ0n) is 11.2. The molecule has 0 aromatic rings. The Morgan fingerprint density at radius 2 is 2.05 bits per heavy atom. The van der Waals surface area contributed by atoms with Gasteiger partial charge in [0, 0.05) is 19.0 Å². The van der Waals surface area contributed by atoms with E-state index in [0.29, 0.717) is 19.6 Å². The predicted molar refractivity (Wildman–Crippen MR) is 69.9 cm³/mol. The Balaban J connectivity index is 2.46. The minimum absolute atomic E-state index is 0.0219. The molecule has 1 rings (SSSR count). The van der Waals surface area contributed by atoms with Crippen LogP contribution in [0, 0.1) is 5.92 Å². The van der Waals surface area contributed by atoms with Crippen molar-refractivity contribution in [2.24, 2.45) is 5.92 Å². The first-order chi connectivity index (χ1) is 8.94. The maximum absolute atomic E-state index is 11.7. The lowest BCUT2D eigenvalue weighted by molar-refractivity contribution is -0.144. The van der Waals surface area contributed by atoms with Gasteiger partial charge in [0.05, 0.1) is 24.4 Å². The van der Waals surface area contributed by atoms with Crippen molar-refractivity contribution in [2.45, 2.75) is 32.3 Å². The van der Waals surface area contributed by atoms with E-state index >= 15 is 0 Å². The van der Waals surface area contributed by atoms with Gasteiger partial charge in [0.2, 0.25) is 0 Å². The molecular weight excluding hydrogens is 272 g/mol. The minimum atomic E-state index is -3.31. The summed E-state index contributed by atoms with van der Waals surface area (Å²) in [6.07, 6.45) is 1.93. The minimum Gasteiger partial charge on any atom is -0.481 e. The number of carbonyl (C=O) groups is 1. The number of carboxylic acids is 1. The Labute approximate surface area is 114 Å². The first-order valence-corrected chi connectivity index (χ1v) is 8.39. The maximum atomic E-state index is 11.7. The van der Waals surface area contributed by atoms with E-state index in [2.05, 4.69) is 0 Å². The molecule has 1 aliphatic rings. The van der Waals surface area contributed by atoms with Gasteiger partial charge in [-0.25, -0.2) is 8.42 Å². The fourth-order valence-corrected chi connectivity index (χ4v) is 3.63. The second kappa shape index (κ2) is 7.81. The summed E-state index contributed by atoms with van der Waals surface area (Å²) in [4.78, 5) is 11.1. The molecule has 1 heterocycles. The van der Waals surface area contributed by atoms with Crippen molar-refractivity contribution >= 4 is 15.8 Å². The summed E-state index contributed by atoms with van der Waals surface area (Å²) in [5.41, 5.74) is 0. The Morgan fingerprint density at radius 1 is 1.42 bits per heavy atom. The standard InChI is InChI=1S/C12H22O6S/c1-2-7-19(15,16)9-10(12(13)14)8-18-11-3-5-17-6-4-11/h10-11H,2-9H2,1H3,(H,13,14). The van der Waals surface area contributed by atoms with Crippen molar-refractivity contribution in [1.29, 1.82) is 0 Å². The molecule has 0 saturated carbocycles. The van der Waals surface area contributed by atoms with Crippen LogP contribution in [0.25, 0.3) is 0 Å². The molecular formula is C12H22O6S. The highest BCUT2D eigenvalue weighted by Crippen LogP contribution is 2.13. The second-order valence-corrected chi connectivity index (χ2v) is 7.02. The van der Waals surface area contributed by atoms with Crippen LogP contribution < -0.4 is 0 Å². The number of sulfone groups is 1. The Morgan fingerprint density at radius 3 is 2.58 bits per heavy atom. The number of carboxylic acid groups (broad SMARTS) is 1. The van der Waals surface area contributed by atoms with Crippen LogP contribution in [0.5, 0.6) is 0 Å². The highest BCUT2D eigenvalue weighted by Gasteiger charge is 2.26. The Bertz CT molecular complexity index is 372. The number of hydrogen-bond acceptors (Lipinski definition) is 5. The van der Waals surface area contributed by atoms with Crippen LogP contribution in [-0.2, 0) is 24.1 Å². The molecule has 1 N–H and O–H groups in total. The molecule has 1 unspecified atom stereocenters. The van der Waals surface area contributed by atoms with Gasteiger partial charge in [-0.15, -0.1) is 0 Å². The van der Waals surface area contributed by atoms with Gasteiger partial charge in [-0.1, -0.05) is 6.92 Å². The zero-order chi connectivity index (χ0) is 14.3. The first-order valence-electron chi connectivity index (χ1n) is 6.57. The van der Waals surface area contributed by atoms with E-state index in [-0.39, 0.29) is 24.2 Å². The third kappa shape index (κ3) is 6.35. The molecule has 1 fully saturated rings. The second-order valence-electron chi connectivity index (χ2n) is 4.79. The van der Waals surface area contributed by atoms with Crippen LogP contribution in [0.4, 0.5) is 0 Å². The average Bonchev–Trinajstić information content (AvgIpc) is 2.35. The predicted octanol–water partition coefficient (Wildman–Crippen LogP) is 0.708. The van der Waals surface area contributed by atoms with Crippen molar-refractivity contribution in [3.05, 3.63) is 0 Å². The first kappa shape index (κ1) is 16.4.